The molecule has 0 saturated heterocycles. The molecule has 1 N–H and O–H groups in total. The number of nitrogens with one attached hydrogen (secondary N) is 1. The average Bonchev–Trinajstić information content (AvgIpc) is 2.77. The van der Waals surface area contributed by atoms with Crippen LogP contribution in [0.3, 0.4) is 0 Å². The molecular weight excluding hydrogens is 353 g/mol. The SMILES string of the molecule is Cc1ccc(NC(=O)/C=C/c2ccc(I)o2)cc1C. The van der Waals surface area contributed by atoms with Crippen LogP contribution in [0.5, 0.6) is 0 Å². The van der Waals surface area contributed by atoms with Crippen LogP contribution >= 0.6 is 22.6 Å². The fourth-order valence-electron chi connectivity index (χ4n) is 1.58. The first-order chi connectivity index (χ1) is 9.04. The van der Waals surface area contributed by atoms with Crippen molar-refractivity contribution in [3.05, 3.63) is 57.1 Å². The summed E-state index contributed by atoms with van der Waals surface area (Å²) in [6, 6.07) is 9.51. The van der Waals surface area contributed by atoms with Crippen molar-refractivity contribution in [2.45, 2.75) is 13.8 Å². The van der Waals surface area contributed by atoms with Crippen LogP contribution in [-0.4, -0.2) is 5.91 Å². The molecule has 2 aromatic rings. The molecule has 0 bridgehead atoms. The van der Waals surface area contributed by atoms with Gasteiger partial charge in [0, 0.05) is 11.8 Å². The van der Waals surface area contributed by atoms with E-state index in [2.05, 4.69) is 27.9 Å². The predicted molar refractivity (Wildman–Crippen MR) is 85.0 cm³/mol. The molecule has 0 atom stereocenters. The van der Waals surface area contributed by atoms with Crippen molar-refractivity contribution >= 4 is 40.3 Å². The maximum absolute atomic E-state index is 11.7. The van der Waals surface area contributed by atoms with Gasteiger partial charge in [-0.15, -0.1) is 0 Å². The van der Waals surface area contributed by atoms with Crippen molar-refractivity contribution in [3.63, 3.8) is 0 Å². The summed E-state index contributed by atoms with van der Waals surface area (Å²) in [5.74, 6) is 0.495. The van der Waals surface area contributed by atoms with Crippen LogP contribution in [0, 0.1) is 17.6 Å². The van der Waals surface area contributed by atoms with Crippen LogP contribution in [0.25, 0.3) is 6.08 Å². The molecular formula is C15H14INO2. The van der Waals surface area contributed by atoms with Gasteiger partial charge in [0.05, 0.1) is 0 Å². The van der Waals surface area contributed by atoms with Crippen molar-refractivity contribution in [2.75, 3.05) is 5.32 Å². The van der Waals surface area contributed by atoms with Gasteiger partial charge in [-0.25, -0.2) is 0 Å². The second-order valence-corrected chi connectivity index (χ2v) is 5.33. The fraction of sp³-hybridized carbons (Fsp3) is 0.133. The second-order valence-electron chi connectivity index (χ2n) is 4.26. The summed E-state index contributed by atoms with van der Waals surface area (Å²) in [5, 5.41) is 2.82. The Kier molecular flexibility index (Phi) is 4.42. The van der Waals surface area contributed by atoms with E-state index >= 15 is 0 Å². The zero-order valence-corrected chi connectivity index (χ0v) is 12.9. The maximum Gasteiger partial charge on any atom is 0.248 e. The molecule has 3 nitrogen and oxygen atoms in total. The number of anilines is 1. The Morgan fingerprint density at radius 1 is 1.21 bits per heavy atom. The molecule has 19 heavy (non-hydrogen) atoms. The van der Waals surface area contributed by atoms with Crippen molar-refractivity contribution < 1.29 is 9.21 Å². The third-order valence-corrected chi connectivity index (χ3v) is 3.35. The van der Waals surface area contributed by atoms with E-state index in [4.69, 9.17) is 4.42 Å². The maximum atomic E-state index is 11.7. The molecule has 0 spiro atoms. The summed E-state index contributed by atoms with van der Waals surface area (Å²) in [6.07, 6.45) is 3.11. The van der Waals surface area contributed by atoms with Gasteiger partial charge >= 0.3 is 0 Å². The standard InChI is InChI=1S/C15H14INO2/c1-10-3-4-12(9-11(10)2)17-15(18)8-6-13-5-7-14(16)19-13/h3-9H,1-2H3,(H,17,18)/b8-6+. The predicted octanol–water partition coefficient (Wildman–Crippen LogP) is 4.15. The van der Waals surface area contributed by atoms with E-state index in [1.165, 1.54) is 11.6 Å². The van der Waals surface area contributed by atoms with Gasteiger partial charge in [0.1, 0.15) is 5.76 Å². The molecule has 0 radical (unpaired) electrons. The lowest BCUT2D eigenvalue weighted by atomic mass is 10.1. The molecule has 0 aliphatic heterocycles. The zero-order chi connectivity index (χ0) is 13.8. The topological polar surface area (TPSA) is 42.2 Å². The molecule has 0 unspecified atom stereocenters. The zero-order valence-electron chi connectivity index (χ0n) is 10.7. The number of rotatable bonds is 3. The first-order valence-corrected chi connectivity index (χ1v) is 6.94. The lowest BCUT2D eigenvalue weighted by molar-refractivity contribution is -0.111. The van der Waals surface area contributed by atoms with Gasteiger partial charge in [-0.3, -0.25) is 4.79 Å². The molecule has 0 fully saturated rings. The lowest BCUT2D eigenvalue weighted by Crippen LogP contribution is -2.07. The molecule has 2 rings (SSSR count). The summed E-state index contributed by atoms with van der Waals surface area (Å²) >= 11 is 2.08. The highest BCUT2D eigenvalue weighted by Crippen LogP contribution is 2.15. The minimum absolute atomic E-state index is 0.172. The van der Waals surface area contributed by atoms with Gasteiger partial charge in [0.15, 0.2) is 3.77 Å². The molecule has 4 heteroatoms. The summed E-state index contributed by atoms with van der Waals surface area (Å²) in [5.41, 5.74) is 3.16. The van der Waals surface area contributed by atoms with E-state index in [0.29, 0.717) is 5.76 Å². The van der Waals surface area contributed by atoms with Gasteiger partial charge in [-0.2, -0.15) is 0 Å². The normalized spacial score (nSPS) is 10.9. The van der Waals surface area contributed by atoms with Crippen LogP contribution < -0.4 is 5.32 Å². The largest absolute Gasteiger partial charge is 0.451 e. The van der Waals surface area contributed by atoms with E-state index in [9.17, 15) is 4.79 Å². The van der Waals surface area contributed by atoms with Gasteiger partial charge < -0.3 is 9.73 Å². The van der Waals surface area contributed by atoms with Crippen LogP contribution in [0.2, 0.25) is 0 Å². The molecule has 1 aromatic carbocycles. The van der Waals surface area contributed by atoms with E-state index in [1.807, 2.05) is 44.2 Å². The first kappa shape index (κ1) is 13.9. The number of hydrogen-bond donors (Lipinski definition) is 1. The molecule has 1 heterocycles. The van der Waals surface area contributed by atoms with E-state index in [0.717, 1.165) is 15.0 Å². The first-order valence-electron chi connectivity index (χ1n) is 5.86. The Morgan fingerprint density at radius 2 is 2.00 bits per heavy atom. The van der Waals surface area contributed by atoms with E-state index in [-0.39, 0.29) is 5.91 Å². The van der Waals surface area contributed by atoms with Crippen molar-refractivity contribution in [1.82, 2.24) is 0 Å². The van der Waals surface area contributed by atoms with Crippen molar-refractivity contribution in [2.24, 2.45) is 0 Å². The number of aryl methyl sites for hydroxylation is 2. The van der Waals surface area contributed by atoms with Gasteiger partial charge in [0.2, 0.25) is 5.91 Å². The summed E-state index contributed by atoms with van der Waals surface area (Å²) < 4.78 is 6.14. The molecule has 0 aliphatic rings. The highest BCUT2D eigenvalue weighted by Gasteiger charge is 2.00. The minimum Gasteiger partial charge on any atom is -0.451 e. The average molecular weight is 367 g/mol. The lowest BCUT2D eigenvalue weighted by Gasteiger charge is -2.05. The Bertz CT molecular complexity index is 629. The number of carbonyl (C=O) groups excluding carboxylic acids is 1. The van der Waals surface area contributed by atoms with Gasteiger partial charge in [0.25, 0.3) is 0 Å². The monoisotopic (exact) mass is 367 g/mol. The summed E-state index contributed by atoms with van der Waals surface area (Å²) in [4.78, 5) is 11.7. The molecule has 1 amide bonds. The molecule has 1 aromatic heterocycles. The molecule has 0 saturated carbocycles. The van der Waals surface area contributed by atoms with Crippen LogP contribution in [0.4, 0.5) is 5.69 Å². The number of carbonyl (C=O) groups is 1. The third-order valence-electron chi connectivity index (χ3n) is 2.77. The van der Waals surface area contributed by atoms with Gasteiger partial charge in [-0.05, 0) is 77.9 Å². The van der Waals surface area contributed by atoms with Crippen LogP contribution in [0.15, 0.2) is 40.8 Å². The van der Waals surface area contributed by atoms with E-state index < -0.39 is 0 Å². The fourth-order valence-corrected chi connectivity index (χ4v) is 2.01. The number of benzene rings is 1. The van der Waals surface area contributed by atoms with Gasteiger partial charge in [-0.1, -0.05) is 6.07 Å². The number of hydrogen-bond acceptors (Lipinski definition) is 2. The number of halogens is 1. The van der Waals surface area contributed by atoms with Crippen molar-refractivity contribution in [1.29, 1.82) is 0 Å². The highest BCUT2D eigenvalue weighted by molar-refractivity contribution is 14.1. The molecule has 0 aliphatic carbocycles. The Labute approximate surface area is 125 Å². The van der Waals surface area contributed by atoms with Crippen LogP contribution in [0.1, 0.15) is 16.9 Å². The Hall–Kier alpha value is -1.56. The second kappa shape index (κ2) is 6.06. The Balaban J connectivity index is 2.01. The molecule has 98 valence electrons. The smallest absolute Gasteiger partial charge is 0.248 e. The van der Waals surface area contributed by atoms with Crippen LogP contribution in [-0.2, 0) is 4.79 Å². The number of furan rings is 1. The quantitative estimate of drug-likeness (QED) is 0.654. The highest BCUT2D eigenvalue weighted by atomic mass is 127. The summed E-state index contributed by atoms with van der Waals surface area (Å²) in [7, 11) is 0. The minimum atomic E-state index is -0.172. The Morgan fingerprint density at radius 3 is 2.63 bits per heavy atom. The summed E-state index contributed by atoms with van der Waals surface area (Å²) in [6.45, 7) is 4.06. The third kappa shape index (κ3) is 3.96. The van der Waals surface area contributed by atoms with E-state index in [1.54, 1.807) is 6.08 Å². The number of amides is 1. The van der Waals surface area contributed by atoms with Crippen molar-refractivity contribution in [3.8, 4) is 0 Å².